The molecule has 0 spiro atoms. The number of aliphatic hydroxyl groups is 1. The van der Waals surface area contributed by atoms with Crippen molar-refractivity contribution in [1.82, 2.24) is 0 Å². The van der Waals surface area contributed by atoms with Crippen molar-refractivity contribution in [2.45, 2.75) is 19.4 Å². The molecule has 0 unspecified atom stereocenters. The summed E-state index contributed by atoms with van der Waals surface area (Å²) >= 11 is 0. The van der Waals surface area contributed by atoms with Gasteiger partial charge in [-0.15, -0.1) is 0 Å². The van der Waals surface area contributed by atoms with Gasteiger partial charge in [-0.05, 0) is 13.0 Å². The van der Waals surface area contributed by atoms with Crippen molar-refractivity contribution in [3.63, 3.8) is 0 Å². The van der Waals surface area contributed by atoms with E-state index < -0.39 is 0 Å². The lowest BCUT2D eigenvalue weighted by Crippen LogP contribution is -2.49. The highest BCUT2D eigenvalue weighted by atomic mass is 16.5. The SMILES string of the molecule is CC1([C@@H](O)CCN)COC1. The summed E-state index contributed by atoms with van der Waals surface area (Å²) in [4.78, 5) is 0. The van der Waals surface area contributed by atoms with Crippen molar-refractivity contribution in [3.8, 4) is 0 Å². The lowest BCUT2D eigenvalue weighted by Gasteiger charge is -2.41. The fourth-order valence-electron chi connectivity index (χ4n) is 1.12. The molecule has 0 aromatic heterocycles. The smallest absolute Gasteiger partial charge is 0.0650 e. The van der Waals surface area contributed by atoms with E-state index in [1.807, 2.05) is 6.92 Å². The van der Waals surface area contributed by atoms with Gasteiger partial charge in [0.05, 0.1) is 19.3 Å². The van der Waals surface area contributed by atoms with Crippen LogP contribution in [0.1, 0.15) is 13.3 Å². The predicted octanol–water partition coefficient (Wildman–Crippen LogP) is -0.267. The van der Waals surface area contributed by atoms with Crippen LogP contribution < -0.4 is 5.73 Å². The average Bonchev–Trinajstić information content (AvgIpc) is 1.83. The average molecular weight is 145 g/mol. The molecule has 3 N–H and O–H groups in total. The lowest BCUT2D eigenvalue weighted by atomic mass is 9.81. The minimum absolute atomic E-state index is 0.0145. The van der Waals surface area contributed by atoms with Crippen molar-refractivity contribution >= 4 is 0 Å². The molecule has 0 bridgehead atoms. The molecule has 1 atom stereocenters. The number of nitrogens with two attached hydrogens (primary N) is 1. The summed E-state index contributed by atoms with van der Waals surface area (Å²) < 4.78 is 5.00. The van der Waals surface area contributed by atoms with Gasteiger partial charge >= 0.3 is 0 Å². The van der Waals surface area contributed by atoms with Crippen LogP contribution >= 0.6 is 0 Å². The van der Waals surface area contributed by atoms with Gasteiger partial charge in [0, 0.05) is 5.41 Å². The second kappa shape index (κ2) is 2.86. The van der Waals surface area contributed by atoms with Crippen molar-refractivity contribution in [2.24, 2.45) is 11.1 Å². The molecule has 10 heavy (non-hydrogen) atoms. The molecule has 1 rings (SSSR count). The summed E-state index contributed by atoms with van der Waals surface area (Å²) in [6.07, 6.45) is 0.395. The first-order chi connectivity index (χ1) is 4.69. The summed E-state index contributed by atoms with van der Waals surface area (Å²) in [6, 6.07) is 0. The molecule has 1 aliphatic rings. The molecule has 1 heterocycles. The molecule has 0 amide bonds. The Balaban J connectivity index is 2.31. The molecule has 1 saturated heterocycles. The van der Waals surface area contributed by atoms with Crippen LogP contribution in [0.2, 0.25) is 0 Å². The Hall–Kier alpha value is -0.120. The van der Waals surface area contributed by atoms with Crippen LogP contribution in [0.25, 0.3) is 0 Å². The van der Waals surface area contributed by atoms with E-state index in [9.17, 15) is 5.11 Å². The zero-order valence-electron chi connectivity index (χ0n) is 6.34. The molecule has 3 heteroatoms. The highest BCUT2D eigenvalue weighted by Crippen LogP contribution is 2.31. The molecule has 3 nitrogen and oxygen atoms in total. The van der Waals surface area contributed by atoms with Gasteiger partial charge in [0.2, 0.25) is 0 Å². The summed E-state index contributed by atoms with van der Waals surface area (Å²) in [6.45, 7) is 3.93. The van der Waals surface area contributed by atoms with Gasteiger partial charge < -0.3 is 15.6 Å². The third-order valence-electron chi connectivity index (χ3n) is 2.11. The maximum absolute atomic E-state index is 9.47. The van der Waals surface area contributed by atoms with Crippen LogP contribution in [0, 0.1) is 5.41 Å². The summed E-state index contributed by atoms with van der Waals surface area (Å²) in [5.74, 6) is 0. The molecule has 0 saturated carbocycles. The number of hydrogen-bond acceptors (Lipinski definition) is 3. The molecule has 0 aromatic rings. The van der Waals surface area contributed by atoms with Crippen LogP contribution in [-0.2, 0) is 4.74 Å². The molecular weight excluding hydrogens is 130 g/mol. The van der Waals surface area contributed by atoms with Crippen molar-refractivity contribution < 1.29 is 9.84 Å². The maximum Gasteiger partial charge on any atom is 0.0650 e. The topological polar surface area (TPSA) is 55.5 Å². The number of rotatable bonds is 3. The van der Waals surface area contributed by atoms with Crippen molar-refractivity contribution in [1.29, 1.82) is 0 Å². The molecule has 0 aromatic carbocycles. The van der Waals surface area contributed by atoms with Gasteiger partial charge in [-0.2, -0.15) is 0 Å². The Morgan fingerprint density at radius 1 is 1.70 bits per heavy atom. The normalized spacial score (nSPS) is 25.5. The highest BCUT2D eigenvalue weighted by molar-refractivity contribution is 4.87. The van der Waals surface area contributed by atoms with Crippen LogP contribution in [0.5, 0.6) is 0 Å². The van der Waals surface area contributed by atoms with E-state index in [1.165, 1.54) is 0 Å². The second-order valence-electron chi connectivity index (χ2n) is 3.24. The Morgan fingerprint density at radius 2 is 2.30 bits per heavy atom. The van der Waals surface area contributed by atoms with E-state index in [-0.39, 0.29) is 11.5 Å². The Morgan fingerprint density at radius 3 is 2.60 bits per heavy atom. The summed E-state index contributed by atoms with van der Waals surface area (Å²) in [7, 11) is 0. The number of ether oxygens (including phenoxy) is 1. The fraction of sp³-hybridized carbons (Fsp3) is 1.00. The van der Waals surface area contributed by atoms with E-state index in [0.717, 1.165) is 0 Å². The van der Waals surface area contributed by atoms with Gasteiger partial charge in [-0.1, -0.05) is 6.92 Å². The Bertz CT molecular complexity index is 112. The maximum atomic E-state index is 9.47. The zero-order valence-corrected chi connectivity index (χ0v) is 6.34. The summed E-state index contributed by atoms with van der Waals surface area (Å²) in [5, 5.41) is 9.47. The monoisotopic (exact) mass is 145 g/mol. The van der Waals surface area contributed by atoms with Crippen LogP contribution in [0.15, 0.2) is 0 Å². The largest absolute Gasteiger partial charge is 0.392 e. The quantitative estimate of drug-likeness (QED) is 0.575. The number of aliphatic hydroxyl groups excluding tert-OH is 1. The highest BCUT2D eigenvalue weighted by Gasteiger charge is 2.39. The Labute approximate surface area is 61.2 Å². The second-order valence-corrected chi connectivity index (χ2v) is 3.24. The molecule has 0 aliphatic carbocycles. The van der Waals surface area contributed by atoms with Crippen molar-refractivity contribution in [2.75, 3.05) is 19.8 Å². The van der Waals surface area contributed by atoms with E-state index in [0.29, 0.717) is 26.2 Å². The van der Waals surface area contributed by atoms with Gasteiger partial charge in [-0.3, -0.25) is 0 Å². The first-order valence-corrected chi connectivity index (χ1v) is 3.65. The molecular formula is C7H15NO2. The zero-order chi connectivity index (χ0) is 7.61. The van der Waals surface area contributed by atoms with E-state index in [2.05, 4.69) is 0 Å². The van der Waals surface area contributed by atoms with Crippen LogP contribution in [0.4, 0.5) is 0 Å². The predicted molar refractivity (Wildman–Crippen MR) is 38.6 cm³/mol. The first kappa shape index (κ1) is 7.98. The third-order valence-corrected chi connectivity index (χ3v) is 2.11. The third kappa shape index (κ3) is 1.31. The minimum atomic E-state index is -0.286. The Kier molecular flexibility index (Phi) is 2.28. The lowest BCUT2D eigenvalue weighted by molar-refractivity contribution is -0.161. The molecule has 1 aliphatic heterocycles. The summed E-state index contributed by atoms with van der Waals surface area (Å²) in [5.41, 5.74) is 5.29. The van der Waals surface area contributed by atoms with E-state index in [4.69, 9.17) is 10.5 Å². The van der Waals surface area contributed by atoms with Crippen molar-refractivity contribution in [3.05, 3.63) is 0 Å². The van der Waals surface area contributed by atoms with Crippen LogP contribution in [0.3, 0.4) is 0 Å². The standard InChI is InChI=1S/C7H15NO2/c1-7(4-10-5-7)6(9)2-3-8/h6,9H,2-5,8H2,1H3/t6-/m0/s1. The minimum Gasteiger partial charge on any atom is -0.392 e. The first-order valence-electron chi connectivity index (χ1n) is 3.65. The molecule has 0 radical (unpaired) electrons. The molecule has 1 fully saturated rings. The molecule has 60 valence electrons. The van der Waals surface area contributed by atoms with E-state index >= 15 is 0 Å². The van der Waals surface area contributed by atoms with Crippen LogP contribution in [-0.4, -0.2) is 31.0 Å². The van der Waals surface area contributed by atoms with Gasteiger partial charge in [-0.25, -0.2) is 0 Å². The van der Waals surface area contributed by atoms with Gasteiger partial charge in [0.1, 0.15) is 0 Å². The van der Waals surface area contributed by atoms with E-state index in [1.54, 1.807) is 0 Å². The van der Waals surface area contributed by atoms with Gasteiger partial charge in [0.25, 0.3) is 0 Å². The fourth-order valence-corrected chi connectivity index (χ4v) is 1.12. The number of hydrogen-bond donors (Lipinski definition) is 2. The van der Waals surface area contributed by atoms with Gasteiger partial charge in [0.15, 0.2) is 0 Å².